The second-order valence-corrected chi connectivity index (χ2v) is 7.84. The van der Waals surface area contributed by atoms with Crippen LogP contribution in [0.2, 0.25) is 0 Å². The van der Waals surface area contributed by atoms with Crippen LogP contribution in [0.25, 0.3) is 0 Å². The van der Waals surface area contributed by atoms with E-state index in [1.54, 1.807) is 6.07 Å². The third kappa shape index (κ3) is 3.66. The molecule has 1 saturated heterocycles. The summed E-state index contributed by atoms with van der Waals surface area (Å²) in [5.74, 6) is -1.45. The van der Waals surface area contributed by atoms with Crippen LogP contribution in [-0.4, -0.2) is 47.3 Å². The Hall–Kier alpha value is -2.70. The highest BCUT2D eigenvalue weighted by molar-refractivity contribution is 6.09. The van der Waals surface area contributed by atoms with E-state index in [9.17, 15) is 19.2 Å². The van der Waals surface area contributed by atoms with Gasteiger partial charge in [0.1, 0.15) is 12.1 Å². The molecule has 7 nitrogen and oxygen atoms in total. The first-order valence-electron chi connectivity index (χ1n) is 9.65. The van der Waals surface area contributed by atoms with E-state index in [4.69, 9.17) is 4.74 Å². The number of hydrogen-bond donors (Lipinski definition) is 1. The van der Waals surface area contributed by atoms with Crippen molar-refractivity contribution < 1.29 is 23.9 Å². The smallest absolute Gasteiger partial charge is 0.326 e. The zero-order chi connectivity index (χ0) is 20.5. The first-order valence-corrected chi connectivity index (χ1v) is 9.65. The van der Waals surface area contributed by atoms with E-state index >= 15 is 0 Å². The second-order valence-electron chi connectivity index (χ2n) is 7.84. The van der Waals surface area contributed by atoms with Crippen molar-refractivity contribution in [2.24, 2.45) is 5.92 Å². The van der Waals surface area contributed by atoms with E-state index in [1.165, 1.54) is 0 Å². The zero-order valence-corrected chi connectivity index (χ0v) is 16.5. The fourth-order valence-electron chi connectivity index (χ4n) is 4.07. The first kappa shape index (κ1) is 20.0. The standard InChI is InChI=1S/C21H26N2O5/c1-13-7-8-14(2)16(10-13)17(24)12-28-18(25)11-23-19(26)21(22-20(23)27)9-5-4-6-15(21)3/h7-8,10,15H,4-6,9,11-12H2,1-3H3,(H,22,27)/t15-,21+/m1/s1. The Morgan fingerprint density at radius 2 is 2.00 bits per heavy atom. The Bertz CT molecular complexity index is 834. The van der Waals surface area contributed by atoms with Crippen LogP contribution >= 0.6 is 0 Å². The summed E-state index contributed by atoms with van der Waals surface area (Å²) in [5.41, 5.74) is 1.32. The maximum atomic E-state index is 12.8. The van der Waals surface area contributed by atoms with Crippen LogP contribution < -0.4 is 5.32 Å². The van der Waals surface area contributed by atoms with Gasteiger partial charge in [-0.2, -0.15) is 0 Å². The van der Waals surface area contributed by atoms with Crippen LogP contribution in [0.4, 0.5) is 4.79 Å². The molecule has 1 heterocycles. The molecule has 7 heteroatoms. The maximum Gasteiger partial charge on any atom is 0.326 e. The molecule has 3 rings (SSSR count). The first-order chi connectivity index (χ1) is 13.2. The SMILES string of the molecule is Cc1ccc(C)c(C(=O)COC(=O)CN2C(=O)N[C@]3(CCCC[C@H]3C)C2=O)c1. The molecular weight excluding hydrogens is 360 g/mol. The minimum atomic E-state index is -0.913. The number of imide groups is 1. The number of carbonyl (C=O) groups is 4. The molecule has 1 N–H and O–H groups in total. The third-order valence-corrected chi connectivity index (χ3v) is 5.85. The number of ether oxygens (including phenoxy) is 1. The van der Waals surface area contributed by atoms with Gasteiger partial charge in [-0.3, -0.25) is 19.3 Å². The average molecular weight is 386 g/mol. The highest BCUT2D eigenvalue weighted by Gasteiger charge is 2.55. The molecule has 0 bridgehead atoms. The van der Waals surface area contributed by atoms with Crippen molar-refractivity contribution in [3.8, 4) is 0 Å². The van der Waals surface area contributed by atoms with Gasteiger partial charge in [-0.15, -0.1) is 0 Å². The molecule has 2 aliphatic rings. The number of urea groups is 1. The summed E-state index contributed by atoms with van der Waals surface area (Å²) in [6.07, 6.45) is 3.32. The summed E-state index contributed by atoms with van der Waals surface area (Å²) in [7, 11) is 0. The predicted octanol–water partition coefficient (Wildman–Crippen LogP) is 2.53. The summed E-state index contributed by atoms with van der Waals surface area (Å²) in [6, 6.07) is 4.91. The summed E-state index contributed by atoms with van der Waals surface area (Å²) in [4.78, 5) is 50.6. The van der Waals surface area contributed by atoms with Crippen LogP contribution in [0.5, 0.6) is 0 Å². The van der Waals surface area contributed by atoms with Crippen molar-refractivity contribution in [3.05, 3.63) is 34.9 Å². The number of aryl methyl sites for hydroxylation is 2. The van der Waals surface area contributed by atoms with Gasteiger partial charge in [-0.1, -0.05) is 37.5 Å². The Morgan fingerprint density at radius 1 is 1.25 bits per heavy atom. The van der Waals surface area contributed by atoms with Crippen LogP contribution in [0.15, 0.2) is 18.2 Å². The van der Waals surface area contributed by atoms with Crippen LogP contribution in [0.3, 0.4) is 0 Å². The molecule has 1 aromatic rings. The monoisotopic (exact) mass is 386 g/mol. The van der Waals surface area contributed by atoms with E-state index < -0.39 is 30.7 Å². The van der Waals surface area contributed by atoms with Crippen molar-refractivity contribution in [2.75, 3.05) is 13.2 Å². The van der Waals surface area contributed by atoms with Gasteiger partial charge in [-0.05, 0) is 44.2 Å². The molecule has 3 amide bonds. The van der Waals surface area contributed by atoms with Gasteiger partial charge in [0.2, 0.25) is 5.78 Å². The lowest BCUT2D eigenvalue weighted by Gasteiger charge is -2.36. The number of amides is 3. The van der Waals surface area contributed by atoms with E-state index in [-0.39, 0.29) is 17.6 Å². The van der Waals surface area contributed by atoms with Crippen LogP contribution in [-0.2, 0) is 14.3 Å². The van der Waals surface area contributed by atoms with Gasteiger partial charge < -0.3 is 10.1 Å². The second kappa shape index (κ2) is 7.73. The zero-order valence-electron chi connectivity index (χ0n) is 16.5. The fraction of sp³-hybridized carbons (Fsp3) is 0.524. The lowest BCUT2D eigenvalue weighted by molar-refractivity contribution is -0.147. The van der Waals surface area contributed by atoms with Gasteiger partial charge in [-0.25, -0.2) is 4.79 Å². The number of nitrogens with zero attached hydrogens (tertiary/aromatic N) is 1. The number of ketones is 1. The Kier molecular flexibility index (Phi) is 5.54. The third-order valence-electron chi connectivity index (χ3n) is 5.85. The molecule has 0 aromatic heterocycles. The molecule has 1 spiro atoms. The average Bonchev–Trinajstić information content (AvgIpc) is 2.89. The van der Waals surface area contributed by atoms with Gasteiger partial charge in [0.15, 0.2) is 6.61 Å². The highest BCUT2D eigenvalue weighted by Crippen LogP contribution is 2.38. The lowest BCUT2D eigenvalue weighted by atomic mass is 9.73. The van der Waals surface area contributed by atoms with Crippen molar-refractivity contribution in [1.29, 1.82) is 0 Å². The maximum absolute atomic E-state index is 12.8. The lowest BCUT2D eigenvalue weighted by Crippen LogP contribution is -2.54. The molecular formula is C21H26N2O5. The van der Waals surface area contributed by atoms with Crippen molar-refractivity contribution >= 4 is 23.7 Å². The Balaban J connectivity index is 1.60. The largest absolute Gasteiger partial charge is 0.456 e. The van der Waals surface area contributed by atoms with E-state index in [1.807, 2.05) is 32.9 Å². The predicted molar refractivity (Wildman–Crippen MR) is 102 cm³/mol. The molecule has 1 aromatic carbocycles. The van der Waals surface area contributed by atoms with E-state index in [0.717, 1.165) is 35.3 Å². The van der Waals surface area contributed by atoms with Crippen molar-refractivity contribution in [3.63, 3.8) is 0 Å². The fourth-order valence-corrected chi connectivity index (χ4v) is 4.07. The number of carbonyl (C=O) groups excluding carboxylic acids is 4. The molecule has 2 fully saturated rings. The van der Waals surface area contributed by atoms with E-state index in [2.05, 4.69) is 5.32 Å². The quantitative estimate of drug-likeness (QED) is 0.477. The molecule has 28 heavy (non-hydrogen) atoms. The van der Waals surface area contributed by atoms with E-state index in [0.29, 0.717) is 12.0 Å². The number of esters is 1. The van der Waals surface area contributed by atoms with Crippen LogP contribution in [0.1, 0.15) is 54.1 Å². The molecule has 0 unspecified atom stereocenters. The Labute approximate surface area is 164 Å². The summed E-state index contributed by atoms with van der Waals surface area (Å²) in [5, 5.41) is 2.79. The molecule has 0 radical (unpaired) electrons. The normalized spacial score (nSPS) is 24.4. The topological polar surface area (TPSA) is 92.8 Å². The molecule has 1 saturated carbocycles. The van der Waals surface area contributed by atoms with Gasteiger partial charge in [0, 0.05) is 5.56 Å². The highest BCUT2D eigenvalue weighted by atomic mass is 16.5. The number of benzene rings is 1. The summed E-state index contributed by atoms with van der Waals surface area (Å²) in [6.45, 7) is 4.73. The number of nitrogens with one attached hydrogen (secondary N) is 1. The van der Waals surface area contributed by atoms with Gasteiger partial charge >= 0.3 is 12.0 Å². The molecule has 150 valence electrons. The summed E-state index contributed by atoms with van der Waals surface area (Å²) >= 11 is 0. The minimum Gasteiger partial charge on any atom is -0.456 e. The van der Waals surface area contributed by atoms with Gasteiger partial charge in [0.05, 0.1) is 0 Å². The molecule has 2 atom stereocenters. The number of rotatable bonds is 5. The van der Waals surface area contributed by atoms with Gasteiger partial charge in [0.25, 0.3) is 5.91 Å². The van der Waals surface area contributed by atoms with Crippen molar-refractivity contribution in [2.45, 2.75) is 52.0 Å². The number of Topliss-reactive ketones (excluding diaryl/α,β-unsaturated/α-hetero) is 1. The minimum absolute atomic E-state index is 0.0181. The van der Waals surface area contributed by atoms with Crippen LogP contribution in [0, 0.1) is 19.8 Å². The molecule has 1 aliphatic carbocycles. The Morgan fingerprint density at radius 3 is 2.71 bits per heavy atom. The number of hydrogen-bond acceptors (Lipinski definition) is 5. The van der Waals surface area contributed by atoms with Crippen molar-refractivity contribution in [1.82, 2.24) is 10.2 Å². The summed E-state index contributed by atoms with van der Waals surface area (Å²) < 4.78 is 5.05. The molecule has 1 aliphatic heterocycles.